The summed E-state index contributed by atoms with van der Waals surface area (Å²) in [5.74, 6) is -0.566. The van der Waals surface area contributed by atoms with Gasteiger partial charge in [-0.1, -0.05) is 49.4 Å². The molecule has 28 heavy (non-hydrogen) atoms. The molecule has 0 unspecified atom stereocenters. The first-order valence-corrected chi connectivity index (χ1v) is 9.44. The average molecular weight is 376 g/mol. The Labute approximate surface area is 164 Å². The molecule has 3 rings (SSSR count). The maximum Gasteiger partial charge on any atom is 0.273 e. The second-order valence-corrected chi connectivity index (χ2v) is 6.40. The highest BCUT2D eigenvalue weighted by molar-refractivity contribution is 6.08. The molecule has 0 saturated heterocycles. The maximum atomic E-state index is 12.7. The van der Waals surface area contributed by atoms with Gasteiger partial charge >= 0.3 is 0 Å². The number of carbonyl (C=O) groups excluding carboxylic acids is 2. The highest BCUT2D eigenvalue weighted by atomic mass is 16.2. The molecule has 1 aromatic heterocycles. The van der Waals surface area contributed by atoms with Crippen LogP contribution < -0.4 is 10.6 Å². The number of amides is 2. The topological polar surface area (TPSA) is 76.0 Å². The molecule has 0 atom stereocenters. The molecule has 0 fully saturated rings. The summed E-state index contributed by atoms with van der Waals surface area (Å²) in [5, 5.41) is 9.89. The van der Waals surface area contributed by atoms with E-state index in [1.165, 1.54) is 0 Å². The van der Waals surface area contributed by atoms with E-state index in [-0.39, 0.29) is 17.5 Å². The van der Waals surface area contributed by atoms with Gasteiger partial charge in [-0.25, -0.2) is 0 Å². The minimum Gasteiger partial charge on any atom is -0.351 e. The lowest BCUT2D eigenvalue weighted by Gasteiger charge is -2.07. The van der Waals surface area contributed by atoms with Crippen LogP contribution in [0.1, 0.15) is 41.1 Å². The number of carbonyl (C=O) groups is 2. The van der Waals surface area contributed by atoms with Crippen molar-refractivity contribution in [3.05, 3.63) is 72.1 Å². The molecule has 0 bridgehead atoms. The fourth-order valence-electron chi connectivity index (χ4n) is 2.80. The Balaban J connectivity index is 1.77. The highest BCUT2D eigenvalue weighted by Crippen LogP contribution is 2.20. The van der Waals surface area contributed by atoms with Crippen LogP contribution in [-0.4, -0.2) is 28.1 Å². The first kappa shape index (κ1) is 19.4. The summed E-state index contributed by atoms with van der Waals surface area (Å²) in [6.45, 7) is 5.07. The zero-order valence-corrected chi connectivity index (χ0v) is 16.1. The van der Waals surface area contributed by atoms with Gasteiger partial charge in [-0.05, 0) is 36.6 Å². The maximum absolute atomic E-state index is 12.7. The van der Waals surface area contributed by atoms with E-state index in [0.29, 0.717) is 24.3 Å². The molecule has 2 N–H and O–H groups in total. The summed E-state index contributed by atoms with van der Waals surface area (Å²) in [5.41, 5.74) is 3.28. The molecule has 2 amide bonds. The Morgan fingerprint density at radius 2 is 1.61 bits per heavy atom. The zero-order chi connectivity index (χ0) is 19.9. The molecule has 0 aliphatic carbocycles. The van der Waals surface area contributed by atoms with Crippen LogP contribution in [0, 0.1) is 0 Å². The van der Waals surface area contributed by atoms with Gasteiger partial charge in [0, 0.05) is 24.8 Å². The number of aryl methyl sites for hydroxylation is 1. The van der Waals surface area contributed by atoms with Crippen molar-refractivity contribution in [1.29, 1.82) is 0 Å². The monoisotopic (exact) mass is 376 g/mol. The molecule has 2 aromatic carbocycles. The van der Waals surface area contributed by atoms with Gasteiger partial charge in [0.25, 0.3) is 11.8 Å². The molecule has 0 spiro atoms. The average Bonchev–Trinajstić information content (AvgIpc) is 3.15. The summed E-state index contributed by atoms with van der Waals surface area (Å²) in [4.78, 5) is 25.0. The van der Waals surface area contributed by atoms with E-state index in [0.717, 1.165) is 17.5 Å². The van der Waals surface area contributed by atoms with Crippen LogP contribution in [0.3, 0.4) is 0 Å². The molecule has 0 radical (unpaired) electrons. The van der Waals surface area contributed by atoms with Crippen molar-refractivity contribution in [3.8, 4) is 11.1 Å². The second kappa shape index (κ2) is 8.99. The predicted molar refractivity (Wildman–Crippen MR) is 110 cm³/mol. The molecular formula is C22H24N4O2. The number of nitrogens with one attached hydrogen (secondary N) is 2. The summed E-state index contributed by atoms with van der Waals surface area (Å²) in [7, 11) is 0. The third-order valence-electron chi connectivity index (χ3n) is 4.34. The van der Waals surface area contributed by atoms with Crippen molar-refractivity contribution in [3.63, 3.8) is 0 Å². The van der Waals surface area contributed by atoms with E-state index in [4.69, 9.17) is 0 Å². The largest absolute Gasteiger partial charge is 0.351 e. The van der Waals surface area contributed by atoms with Crippen molar-refractivity contribution >= 4 is 17.5 Å². The van der Waals surface area contributed by atoms with Crippen LogP contribution in [0.5, 0.6) is 0 Å². The molecule has 0 saturated carbocycles. The number of benzene rings is 2. The minimum atomic E-state index is -0.288. The quantitative estimate of drug-likeness (QED) is 0.655. The lowest BCUT2D eigenvalue weighted by atomic mass is 10.0. The normalized spacial score (nSPS) is 10.5. The van der Waals surface area contributed by atoms with Gasteiger partial charge in [-0.2, -0.15) is 5.10 Å². The molecule has 6 nitrogen and oxygen atoms in total. The highest BCUT2D eigenvalue weighted by Gasteiger charge is 2.18. The molecule has 6 heteroatoms. The number of anilines is 1. The fraction of sp³-hybridized carbons (Fsp3) is 0.227. The Morgan fingerprint density at radius 1 is 0.929 bits per heavy atom. The molecular weight excluding hydrogens is 352 g/mol. The number of aromatic nitrogens is 2. The van der Waals surface area contributed by atoms with Crippen molar-refractivity contribution in [2.24, 2.45) is 0 Å². The summed E-state index contributed by atoms with van der Waals surface area (Å²) < 4.78 is 1.63. The number of hydrogen-bond acceptors (Lipinski definition) is 3. The summed E-state index contributed by atoms with van der Waals surface area (Å²) in [6.07, 6.45) is 2.51. The Bertz CT molecular complexity index is 946. The lowest BCUT2D eigenvalue weighted by Crippen LogP contribution is -2.26. The van der Waals surface area contributed by atoms with E-state index >= 15 is 0 Å². The number of hydrogen-bond donors (Lipinski definition) is 2. The molecule has 144 valence electrons. The third kappa shape index (κ3) is 4.46. The molecule has 3 aromatic rings. The van der Waals surface area contributed by atoms with Crippen molar-refractivity contribution < 1.29 is 9.59 Å². The van der Waals surface area contributed by atoms with E-state index in [2.05, 4.69) is 15.7 Å². The Kier molecular flexibility index (Phi) is 6.22. The van der Waals surface area contributed by atoms with Gasteiger partial charge in [-0.3, -0.25) is 14.3 Å². The van der Waals surface area contributed by atoms with Gasteiger partial charge in [0.05, 0.1) is 5.69 Å². The van der Waals surface area contributed by atoms with Crippen LogP contribution >= 0.6 is 0 Å². The second-order valence-electron chi connectivity index (χ2n) is 6.40. The Hall–Kier alpha value is -3.41. The summed E-state index contributed by atoms with van der Waals surface area (Å²) in [6, 6.07) is 17.3. The van der Waals surface area contributed by atoms with Crippen molar-refractivity contribution in [1.82, 2.24) is 15.1 Å². The van der Waals surface area contributed by atoms with E-state index in [9.17, 15) is 9.59 Å². The van der Waals surface area contributed by atoms with Crippen LogP contribution in [0.2, 0.25) is 0 Å². The first-order chi connectivity index (χ1) is 13.6. The first-order valence-electron chi connectivity index (χ1n) is 9.44. The lowest BCUT2D eigenvalue weighted by molar-refractivity contribution is 0.0948. The van der Waals surface area contributed by atoms with Gasteiger partial charge in [0.1, 0.15) is 0 Å². The summed E-state index contributed by atoms with van der Waals surface area (Å²) >= 11 is 0. The van der Waals surface area contributed by atoms with E-state index < -0.39 is 0 Å². The minimum absolute atomic E-state index is 0.226. The Morgan fingerprint density at radius 3 is 2.25 bits per heavy atom. The van der Waals surface area contributed by atoms with Crippen LogP contribution in [0.25, 0.3) is 11.1 Å². The molecule has 1 heterocycles. The SMILES string of the molecule is CCCNC(=O)c1nn(CC)cc1NC(=O)c1ccc(-c2ccccc2)cc1. The van der Waals surface area contributed by atoms with Crippen LogP contribution in [0.4, 0.5) is 5.69 Å². The van der Waals surface area contributed by atoms with Crippen molar-refractivity contribution in [2.45, 2.75) is 26.8 Å². The van der Waals surface area contributed by atoms with Gasteiger partial charge < -0.3 is 10.6 Å². The van der Waals surface area contributed by atoms with Crippen LogP contribution in [-0.2, 0) is 6.54 Å². The smallest absolute Gasteiger partial charge is 0.273 e. The number of rotatable bonds is 7. The van der Waals surface area contributed by atoms with Gasteiger partial charge in [0.15, 0.2) is 5.69 Å². The predicted octanol–water partition coefficient (Wildman–Crippen LogP) is 3.96. The van der Waals surface area contributed by atoms with Gasteiger partial charge in [-0.15, -0.1) is 0 Å². The van der Waals surface area contributed by atoms with Crippen LogP contribution in [0.15, 0.2) is 60.8 Å². The molecule has 0 aliphatic rings. The third-order valence-corrected chi connectivity index (χ3v) is 4.34. The van der Waals surface area contributed by atoms with Gasteiger partial charge in [0.2, 0.25) is 0 Å². The zero-order valence-electron chi connectivity index (χ0n) is 16.1. The molecule has 0 aliphatic heterocycles. The van der Waals surface area contributed by atoms with E-state index in [1.807, 2.05) is 56.3 Å². The standard InChI is InChI=1S/C22H24N4O2/c1-3-14-23-22(28)20-19(15-26(4-2)25-20)24-21(27)18-12-10-17(11-13-18)16-8-6-5-7-9-16/h5-13,15H,3-4,14H2,1-2H3,(H,23,28)(H,24,27). The fourth-order valence-corrected chi connectivity index (χ4v) is 2.80. The van der Waals surface area contributed by atoms with E-state index in [1.54, 1.807) is 23.0 Å². The number of nitrogens with zero attached hydrogens (tertiary/aromatic N) is 2. The van der Waals surface area contributed by atoms with Crippen molar-refractivity contribution in [2.75, 3.05) is 11.9 Å².